The Bertz CT molecular complexity index is 506. The number of aryl methyl sites for hydroxylation is 2. The minimum absolute atomic E-state index is 0.332. The molecule has 2 rings (SSSR count). The third-order valence-electron chi connectivity index (χ3n) is 3.03. The zero-order chi connectivity index (χ0) is 13.2. The molecule has 96 valence electrons. The van der Waals surface area contributed by atoms with Crippen LogP contribution in [-0.2, 0) is 6.42 Å². The molecule has 0 aliphatic heterocycles. The molecule has 0 unspecified atom stereocenters. The van der Waals surface area contributed by atoms with Crippen LogP contribution in [0, 0.1) is 12.3 Å². The summed E-state index contributed by atoms with van der Waals surface area (Å²) >= 11 is 0. The van der Waals surface area contributed by atoms with Crippen LogP contribution >= 0.6 is 0 Å². The highest BCUT2D eigenvalue weighted by molar-refractivity contribution is 5.53. The summed E-state index contributed by atoms with van der Waals surface area (Å²) in [5.41, 5.74) is 2.46. The number of benzene rings is 1. The van der Waals surface area contributed by atoms with Crippen molar-refractivity contribution in [3.63, 3.8) is 0 Å². The SMILES string of the molecule is Cc1oc(-c2ccccc2)nc1CCC(C)(C)C. The van der Waals surface area contributed by atoms with Crippen molar-refractivity contribution in [2.45, 2.75) is 40.5 Å². The molecule has 2 aromatic rings. The van der Waals surface area contributed by atoms with E-state index in [0.29, 0.717) is 5.41 Å². The van der Waals surface area contributed by atoms with Gasteiger partial charge in [-0.2, -0.15) is 0 Å². The van der Waals surface area contributed by atoms with E-state index in [0.717, 1.165) is 35.7 Å². The van der Waals surface area contributed by atoms with E-state index in [2.05, 4.69) is 25.8 Å². The Labute approximate surface area is 109 Å². The van der Waals surface area contributed by atoms with Crippen LogP contribution in [0.3, 0.4) is 0 Å². The second kappa shape index (κ2) is 4.97. The van der Waals surface area contributed by atoms with Gasteiger partial charge in [-0.1, -0.05) is 39.0 Å². The van der Waals surface area contributed by atoms with Gasteiger partial charge in [-0.15, -0.1) is 0 Å². The zero-order valence-electron chi connectivity index (χ0n) is 11.7. The summed E-state index contributed by atoms with van der Waals surface area (Å²) < 4.78 is 5.75. The van der Waals surface area contributed by atoms with Crippen molar-refractivity contribution in [3.05, 3.63) is 41.8 Å². The summed E-state index contributed by atoms with van der Waals surface area (Å²) in [5, 5.41) is 0. The molecular formula is C16H21NO. The molecule has 0 saturated heterocycles. The largest absolute Gasteiger partial charge is 0.441 e. The van der Waals surface area contributed by atoms with Crippen LogP contribution in [-0.4, -0.2) is 4.98 Å². The van der Waals surface area contributed by atoms with Gasteiger partial charge in [-0.3, -0.25) is 0 Å². The molecule has 0 N–H and O–H groups in total. The van der Waals surface area contributed by atoms with Gasteiger partial charge < -0.3 is 4.42 Å². The molecule has 0 radical (unpaired) electrons. The first-order chi connectivity index (χ1) is 8.46. The lowest BCUT2D eigenvalue weighted by Crippen LogP contribution is -2.06. The molecule has 1 heterocycles. The Morgan fingerprint density at radius 3 is 2.39 bits per heavy atom. The van der Waals surface area contributed by atoms with Gasteiger partial charge in [0.15, 0.2) is 0 Å². The van der Waals surface area contributed by atoms with E-state index >= 15 is 0 Å². The van der Waals surface area contributed by atoms with Gasteiger partial charge in [0.1, 0.15) is 5.76 Å². The second-order valence-electron chi connectivity index (χ2n) is 5.95. The van der Waals surface area contributed by atoms with Crippen LogP contribution < -0.4 is 0 Å². The molecule has 0 atom stereocenters. The maximum atomic E-state index is 5.75. The quantitative estimate of drug-likeness (QED) is 0.785. The molecule has 0 bridgehead atoms. The first-order valence-corrected chi connectivity index (χ1v) is 6.47. The molecule has 0 aliphatic rings. The van der Waals surface area contributed by atoms with Gasteiger partial charge in [-0.25, -0.2) is 4.98 Å². The van der Waals surface area contributed by atoms with Gasteiger partial charge >= 0.3 is 0 Å². The van der Waals surface area contributed by atoms with Crippen molar-refractivity contribution >= 4 is 0 Å². The molecule has 0 aliphatic carbocycles. The lowest BCUT2D eigenvalue weighted by Gasteiger charge is -2.16. The van der Waals surface area contributed by atoms with Gasteiger partial charge in [0.2, 0.25) is 5.89 Å². The standard InChI is InChI=1S/C16H21NO/c1-12-14(10-11-16(2,3)4)17-15(18-12)13-8-6-5-7-9-13/h5-9H,10-11H2,1-4H3. The smallest absolute Gasteiger partial charge is 0.226 e. The summed E-state index contributed by atoms with van der Waals surface area (Å²) in [6.45, 7) is 8.75. The van der Waals surface area contributed by atoms with Crippen LogP contribution in [0.15, 0.2) is 34.7 Å². The summed E-state index contributed by atoms with van der Waals surface area (Å²) in [7, 11) is 0. The lowest BCUT2D eigenvalue weighted by atomic mass is 9.90. The Morgan fingerprint density at radius 1 is 1.11 bits per heavy atom. The van der Waals surface area contributed by atoms with E-state index in [1.807, 2.05) is 37.3 Å². The molecule has 1 aromatic heterocycles. The van der Waals surface area contributed by atoms with Crippen molar-refractivity contribution in [2.24, 2.45) is 5.41 Å². The second-order valence-corrected chi connectivity index (χ2v) is 5.95. The number of hydrogen-bond acceptors (Lipinski definition) is 2. The maximum absolute atomic E-state index is 5.75. The molecule has 0 amide bonds. The highest BCUT2D eigenvalue weighted by atomic mass is 16.4. The molecule has 1 aromatic carbocycles. The molecule has 0 fully saturated rings. The zero-order valence-corrected chi connectivity index (χ0v) is 11.7. The monoisotopic (exact) mass is 243 g/mol. The van der Waals surface area contributed by atoms with Crippen molar-refractivity contribution < 1.29 is 4.42 Å². The molecule has 0 spiro atoms. The fourth-order valence-corrected chi connectivity index (χ4v) is 1.86. The van der Waals surface area contributed by atoms with Crippen molar-refractivity contribution in [1.29, 1.82) is 0 Å². The third kappa shape index (κ3) is 3.22. The summed E-state index contributed by atoms with van der Waals surface area (Å²) in [4.78, 5) is 4.62. The molecule has 18 heavy (non-hydrogen) atoms. The van der Waals surface area contributed by atoms with E-state index in [1.165, 1.54) is 0 Å². The molecule has 0 saturated carbocycles. The van der Waals surface area contributed by atoms with Gasteiger partial charge in [-0.05, 0) is 37.3 Å². The molecular weight excluding hydrogens is 222 g/mol. The van der Waals surface area contributed by atoms with Crippen molar-refractivity contribution in [3.8, 4) is 11.5 Å². The fraction of sp³-hybridized carbons (Fsp3) is 0.438. The predicted molar refractivity (Wildman–Crippen MR) is 74.5 cm³/mol. The van der Waals surface area contributed by atoms with Crippen molar-refractivity contribution in [1.82, 2.24) is 4.98 Å². The Kier molecular flexibility index (Phi) is 3.55. The molecule has 2 heteroatoms. The summed E-state index contributed by atoms with van der Waals surface area (Å²) in [6.07, 6.45) is 2.10. The predicted octanol–water partition coefficient (Wildman–Crippen LogP) is 4.63. The molecule has 2 nitrogen and oxygen atoms in total. The van der Waals surface area contributed by atoms with E-state index in [-0.39, 0.29) is 0 Å². The van der Waals surface area contributed by atoms with Gasteiger partial charge in [0, 0.05) is 5.56 Å². The van der Waals surface area contributed by atoms with E-state index in [1.54, 1.807) is 0 Å². The maximum Gasteiger partial charge on any atom is 0.226 e. The highest BCUT2D eigenvalue weighted by Gasteiger charge is 2.15. The van der Waals surface area contributed by atoms with Crippen LogP contribution in [0.25, 0.3) is 11.5 Å². The summed E-state index contributed by atoms with van der Waals surface area (Å²) in [6, 6.07) is 10.1. The number of oxazole rings is 1. The van der Waals surface area contributed by atoms with Gasteiger partial charge in [0.25, 0.3) is 0 Å². The number of rotatable bonds is 3. The lowest BCUT2D eigenvalue weighted by molar-refractivity contribution is 0.375. The minimum Gasteiger partial charge on any atom is -0.441 e. The number of nitrogens with zero attached hydrogens (tertiary/aromatic N) is 1. The average Bonchev–Trinajstić information content (AvgIpc) is 2.68. The minimum atomic E-state index is 0.332. The summed E-state index contributed by atoms with van der Waals surface area (Å²) in [5.74, 6) is 1.68. The Hall–Kier alpha value is -1.57. The van der Waals surface area contributed by atoms with E-state index in [4.69, 9.17) is 4.42 Å². The fourth-order valence-electron chi connectivity index (χ4n) is 1.86. The third-order valence-corrected chi connectivity index (χ3v) is 3.03. The van der Waals surface area contributed by atoms with Gasteiger partial charge in [0.05, 0.1) is 5.69 Å². The number of aromatic nitrogens is 1. The van der Waals surface area contributed by atoms with Crippen LogP contribution in [0.1, 0.15) is 38.6 Å². The van der Waals surface area contributed by atoms with Crippen LogP contribution in [0.2, 0.25) is 0 Å². The number of hydrogen-bond donors (Lipinski definition) is 0. The van der Waals surface area contributed by atoms with E-state index in [9.17, 15) is 0 Å². The normalized spacial score (nSPS) is 11.8. The van der Waals surface area contributed by atoms with Crippen molar-refractivity contribution in [2.75, 3.05) is 0 Å². The highest BCUT2D eigenvalue weighted by Crippen LogP contribution is 2.25. The first kappa shape index (κ1) is 12.9. The topological polar surface area (TPSA) is 26.0 Å². The Morgan fingerprint density at radius 2 is 1.78 bits per heavy atom. The van der Waals surface area contributed by atoms with E-state index < -0.39 is 0 Å². The first-order valence-electron chi connectivity index (χ1n) is 6.47. The Balaban J connectivity index is 2.17. The average molecular weight is 243 g/mol. The van der Waals surface area contributed by atoms with Crippen LogP contribution in [0.4, 0.5) is 0 Å². The van der Waals surface area contributed by atoms with Crippen LogP contribution in [0.5, 0.6) is 0 Å².